The first-order chi connectivity index (χ1) is 7.68. The second-order valence-corrected chi connectivity index (χ2v) is 4.66. The van der Waals surface area contributed by atoms with Crippen molar-refractivity contribution in [2.24, 2.45) is 5.92 Å². The Bertz CT molecular complexity index is 297. The molecule has 1 heterocycles. The molecule has 0 saturated carbocycles. The summed E-state index contributed by atoms with van der Waals surface area (Å²) < 4.78 is 0. The van der Waals surface area contributed by atoms with Gasteiger partial charge in [0.1, 0.15) is 5.82 Å². The van der Waals surface area contributed by atoms with Crippen LogP contribution in [-0.4, -0.2) is 16.5 Å². The summed E-state index contributed by atoms with van der Waals surface area (Å²) in [6.07, 6.45) is 5.71. The Morgan fingerprint density at radius 1 is 1.31 bits per heavy atom. The van der Waals surface area contributed by atoms with Crippen LogP contribution in [0.25, 0.3) is 0 Å². The summed E-state index contributed by atoms with van der Waals surface area (Å²) in [4.78, 5) is 8.42. The third-order valence-corrected chi connectivity index (χ3v) is 2.52. The molecule has 0 radical (unpaired) electrons. The van der Waals surface area contributed by atoms with E-state index in [0.29, 0.717) is 0 Å². The van der Waals surface area contributed by atoms with E-state index in [0.717, 1.165) is 30.5 Å². The third-order valence-electron chi connectivity index (χ3n) is 2.52. The van der Waals surface area contributed by atoms with Crippen LogP contribution < -0.4 is 5.32 Å². The van der Waals surface area contributed by atoms with Gasteiger partial charge in [0.25, 0.3) is 0 Å². The molecule has 3 nitrogen and oxygen atoms in total. The molecule has 3 heteroatoms. The molecule has 1 rings (SSSR count). The fourth-order valence-corrected chi connectivity index (χ4v) is 1.62. The van der Waals surface area contributed by atoms with Gasteiger partial charge in [-0.1, -0.05) is 26.7 Å². The lowest BCUT2D eigenvalue weighted by Gasteiger charge is -2.06. The van der Waals surface area contributed by atoms with Crippen LogP contribution >= 0.6 is 0 Å². The summed E-state index contributed by atoms with van der Waals surface area (Å²) in [7, 11) is 0. The van der Waals surface area contributed by atoms with Crippen LogP contribution in [0.5, 0.6) is 0 Å². The molecule has 0 spiro atoms. The van der Waals surface area contributed by atoms with Crippen molar-refractivity contribution in [3.8, 4) is 0 Å². The first-order valence-corrected chi connectivity index (χ1v) is 6.17. The van der Waals surface area contributed by atoms with Crippen molar-refractivity contribution in [3.63, 3.8) is 0 Å². The number of hydrogen-bond acceptors (Lipinski definition) is 3. The van der Waals surface area contributed by atoms with Crippen molar-refractivity contribution in [1.82, 2.24) is 15.3 Å². The molecule has 1 aromatic rings. The number of nitrogens with zero attached hydrogens (tertiary/aromatic N) is 2. The molecule has 0 amide bonds. The van der Waals surface area contributed by atoms with E-state index in [1.807, 2.05) is 19.2 Å². The van der Waals surface area contributed by atoms with Crippen molar-refractivity contribution >= 4 is 0 Å². The van der Waals surface area contributed by atoms with Crippen LogP contribution in [0, 0.1) is 12.8 Å². The van der Waals surface area contributed by atoms with Crippen molar-refractivity contribution in [2.45, 2.75) is 46.6 Å². The zero-order valence-corrected chi connectivity index (χ0v) is 10.7. The summed E-state index contributed by atoms with van der Waals surface area (Å²) in [6, 6.07) is 1.97. The minimum atomic E-state index is 0.824. The molecule has 1 aromatic heterocycles. The van der Waals surface area contributed by atoms with Crippen LogP contribution in [0.15, 0.2) is 12.3 Å². The average Bonchev–Trinajstić information content (AvgIpc) is 2.23. The van der Waals surface area contributed by atoms with E-state index in [4.69, 9.17) is 0 Å². The van der Waals surface area contributed by atoms with Gasteiger partial charge in [0.05, 0.1) is 5.69 Å². The van der Waals surface area contributed by atoms with E-state index in [2.05, 4.69) is 29.1 Å². The van der Waals surface area contributed by atoms with E-state index >= 15 is 0 Å². The Balaban J connectivity index is 2.07. The number of rotatable bonds is 7. The molecular formula is C13H23N3. The normalized spacial score (nSPS) is 11.0. The van der Waals surface area contributed by atoms with Crippen molar-refractivity contribution in [2.75, 3.05) is 6.54 Å². The zero-order valence-electron chi connectivity index (χ0n) is 10.7. The Labute approximate surface area is 98.7 Å². The van der Waals surface area contributed by atoms with Gasteiger partial charge in [-0.2, -0.15) is 0 Å². The smallest absolute Gasteiger partial charge is 0.125 e. The van der Waals surface area contributed by atoms with Gasteiger partial charge >= 0.3 is 0 Å². The molecule has 0 fully saturated rings. The largest absolute Gasteiger partial charge is 0.311 e. The van der Waals surface area contributed by atoms with Gasteiger partial charge in [-0.3, -0.25) is 0 Å². The fourth-order valence-electron chi connectivity index (χ4n) is 1.62. The lowest BCUT2D eigenvalue weighted by molar-refractivity contribution is 0.519. The number of aromatic nitrogens is 2. The molecule has 0 aliphatic heterocycles. The maximum Gasteiger partial charge on any atom is 0.125 e. The van der Waals surface area contributed by atoms with E-state index in [-0.39, 0.29) is 0 Å². The highest BCUT2D eigenvalue weighted by Gasteiger charge is 1.96. The summed E-state index contributed by atoms with van der Waals surface area (Å²) >= 11 is 0. The molecule has 0 bridgehead atoms. The Kier molecular flexibility index (Phi) is 6.01. The van der Waals surface area contributed by atoms with Crippen molar-refractivity contribution in [3.05, 3.63) is 23.8 Å². The summed E-state index contributed by atoms with van der Waals surface area (Å²) in [5.41, 5.74) is 1.08. The molecule has 0 atom stereocenters. The molecule has 0 aromatic carbocycles. The van der Waals surface area contributed by atoms with Gasteiger partial charge < -0.3 is 5.32 Å². The summed E-state index contributed by atoms with van der Waals surface area (Å²) in [6.45, 7) is 8.40. The van der Waals surface area contributed by atoms with Gasteiger partial charge in [-0.15, -0.1) is 0 Å². The number of hydrogen-bond donors (Lipinski definition) is 1. The van der Waals surface area contributed by atoms with Crippen LogP contribution in [0.3, 0.4) is 0 Å². The lowest BCUT2D eigenvalue weighted by atomic mass is 10.1. The van der Waals surface area contributed by atoms with Crippen LogP contribution in [0.1, 0.15) is 44.6 Å². The molecular weight excluding hydrogens is 198 g/mol. The number of unbranched alkanes of at least 4 members (excludes halogenated alkanes) is 1. The highest BCUT2D eigenvalue weighted by molar-refractivity contribution is 5.00. The van der Waals surface area contributed by atoms with Gasteiger partial charge in [-0.05, 0) is 31.9 Å². The van der Waals surface area contributed by atoms with Gasteiger partial charge in [0.15, 0.2) is 0 Å². The standard InChI is InChI=1S/C13H23N3/c1-11(2)6-4-5-8-14-10-13-7-9-15-12(3)16-13/h7,9,11,14H,4-6,8,10H2,1-3H3. The van der Waals surface area contributed by atoms with Crippen LogP contribution in [-0.2, 0) is 6.54 Å². The second kappa shape index (κ2) is 7.34. The zero-order chi connectivity index (χ0) is 11.8. The molecule has 0 saturated heterocycles. The predicted octanol–water partition coefficient (Wildman–Crippen LogP) is 2.70. The van der Waals surface area contributed by atoms with Crippen molar-refractivity contribution < 1.29 is 0 Å². The third kappa shape index (κ3) is 5.81. The lowest BCUT2D eigenvalue weighted by Crippen LogP contribution is -2.16. The highest BCUT2D eigenvalue weighted by atomic mass is 14.9. The number of nitrogens with one attached hydrogen (secondary N) is 1. The van der Waals surface area contributed by atoms with Crippen molar-refractivity contribution in [1.29, 1.82) is 0 Å². The van der Waals surface area contributed by atoms with Gasteiger partial charge in [0.2, 0.25) is 0 Å². The fraction of sp³-hybridized carbons (Fsp3) is 0.692. The first-order valence-electron chi connectivity index (χ1n) is 6.17. The molecule has 1 N–H and O–H groups in total. The summed E-state index contributed by atoms with van der Waals surface area (Å²) in [5.74, 6) is 1.67. The average molecular weight is 221 g/mol. The second-order valence-electron chi connectivity index (χ2n) is 4.66. The molecule has 16 heavy (non-hydrogen) atoms. The minimum absolute atomic E-state index is 0.824. The molecule has 90 valence electrons. The maximum absolute atomic E-state index is 4.35. The Hall–Kier alpha value is -0.960. The summed E-state index contributed by atoms with van der Waals surface area (Å²) in [5, 5.41) is 3.41. The van der Waals surface area contributed by atoms with Crippen LogP contribution in [0.4, 0.5) is 0 Å². The maximum atomic E-state index is 4.35. The Morgan fingerprint density at radius 2 is 2.12 bits per heavy atom. The van der Waals surface area contributed by atoms with E-state index < -0.39 is 0 Å². The molecule has 0 unspecified atom stereocenters. The molecule has 0 aliphatic carbocycles. The first kappa shape index (κ1) is 13.1. The van der Waals surface area contributed by atoms with Crippen LogP contribution in [0.2, 0.25) is 0 Å². The van der Waals surface area contributed by atoms with E-state index in [1.54, 1.807) is 0 Å². The topological polar surface area (TPSA) is 37.8 Å². The van der Waals surface area contributed by atoms with E-state index in [1.165, 1.54) is 19.3 Å². The Morgan fingerprint density at radius 3 is 2.81 bits per heavy atom. The number of aryl methyl sites for hydroxylation is 1. The van der Waals surface area contributed by atoms with Gasteiger partial charge in [-0.25, -0.2) is 9.97 Å². The van der Waals surface area contributed by atoms with E-state index in [9.17, 15) is 0 Å². The SMILES string of the molecule is Cc1nccc(CNCCCCC(C)C)n1. The molecule has 0 aliphatic rings. The predicted molar refractivity (Wildman–Crippen MR) is 67.2 cm³/mol. The quantitative estimate of drug-likeness (QED) is 0.719. The minimum Gasteiger partial charge on any atom is -0.311 e. The monoisotopic (exact) mass is 221 g/mol. The van der Waals surface area contributed by atoms with Gasteiger partial charge in [0, 0.05) is 12.7 Å². The highest BCUT2D eigenvalue weighted by Crippen LogP contribution is 2.05.